The third-order valence-corrected chi connectivity index (χ3v) is 5.32. The molecule has 0 aliphatic carbocycles. The first-order valence-electron chi connectivity index (χ1n) is 10.3. The van der Waals surface area contributed by atoms with Crippen molar-refractivity contribution < 1.29 is 4.79 Å². The number of nitrogens with one attached hydrogen (secondary N) is 1. The normalized spacial score (nSPS) is 13.8. The maximum Gasteiger partial charge on any atom is 0.254 e. The van der Waals surface area contributed by atoms with Gasteiger partial charge < -0.3 is 20.0 Å². The van der Waals surface area contributed by atoms with Crippen LogP contribution in [0.4, 0.5) is 23.1 Å². The van der Waals surface area contributed by atoms with Gasteiger partial charge in [0.15, 0.2) is 11.6 Å². The lowest BCUT2D eigenvalue weighted by Gasteiger charge is -2.35. The van der Waals surface area contributed by atoms with E-state index < -0.39 is 0 Å². The van der Waals surface area contributed by atoms with E-state index >= 15 is 0 Å². The summed E-state index contributed by atoms with van der Waals surface area (Å²) in [6.07, 6.45) is 1.81. The molecule has 3 aromatic rings. The average Bonchev–Trinajstić information content (AvgIpc) is 2.81. The largest absolute Gasteiger partial charge is 0.378 e. The van der Waals surface area contributed by atoms with Crippen LogP contribution in [0.25, 0.3) is 0 Å². The van der Waals surface area contributed by atoms with Crippen LogP contribution in [-0.2, 0) is 0 Å². The molecule has 1 fully saturated rings. The molecule has 3 heterocycles. The van der Waals surface area contributed by atoms with E-state index in [-0.39, 0.29) is 5.91 Å². The zero-order valence-corrected chi connectivity index (χ0v) is 18.1. The van der Waals surface area contributed by atoms with Crippen LogP contribution in [-0.4, -0.2) is 66.3 Å². The fourth-order valence-corrected chi connectivity index (χ4v) is 3.47. The van der Waals surface area contributed by atoms with E-state index in [2.05, 4.69) is 25.4 Å². The number of aryl methyl sites for hydroxylation is 1. The molecule has 0 bridgehead atoms. The van der Waals surface area contributed by atoms with Crippen LogP contribution < -0.4 is 15.1 Å². The molecule has 1 saturated heterocycles. The Morgan fingerprint density at radius 3 is 2.39 bits per heavy atom. The van der Waals surface area contributed by atoms with Crippen LogP contribution in [0.1, 0.15) is 15.9 Å². The molecule has 0 radical (unpaired) electrons. The number of amides is 1. The Morgan fingerprint density at radius 2 is 1.74 bits per heavy atom. The van der Waals surface area contributed by atoms with Gasteiger partial charge in [0.25, 0.3) is 5.91 Å². The molecule has 2 aromatic heterocycles. The number of nitrogens with zero attached hydrogens (tertiary/aromatic N) is 6. The van der Waals surface area contributed by atoms with Gasteiger partial charge in [0.1, 0.15) is 5.82 Å². The summed E-state index contributed by atoms with van der Waals surface area (Å²) in [7, 11) is 3.95. The van der Waals surface area contributed by atoms with Crippen LogP contribution in [0.2, 0.25) is 0 Å². The molecule has 1 aliphatic heterocycles. The van der Waals surface area contributed by atoms with Crippen molar-refractivity contribution in [3.05, 3.63) is 65.9 Å². The molecule has 0 saturated carbocycles. The summed E-state index contributed by atoms with van der Waals surface area (Å²) in [4.78, 5) is 23.3. The molecule has 0 unspecified atom stereocenters. The van der Waals surface area contributed by atoms with Crippen LogP contribution in [0.3, 0.4) is 0 Å². The highest BCUT2D eigenvalue weighted by atomic mass is 16.2. The van der Waals surface area contributed by atoms with Gasteiger partial charge in [-0.25, -0.2) is 4.98 Å². The summed E-state index contributed by atoms with van der Waals surface area (Å²) in [5, 5.41) is 11.8. The highest BCUT2D eigenvalue weighted by molar-refractivity contribution is 5.95. The van der Waals surface area contributed by atoms with E-state index in [1.165, 1.54) is 0 Å². The van der Waals surface area contributed by atoms with Crippen molar-refractivity contribution in [2.45, 2.75) is 6.92 Å². The molecule has 1 N–H and O–H groups in total. The van der Waals surface area contributed by atoms with Gasteiger partial charge in [-0.1, -0.05) is 12.1 Å². The molecule has 160 valence electrons. The lowest BCUT2D eigenvalue weighted by molar-refractivity contribution is 0.0746. The predicted molar refractivity (Wildman–Crippen MR) is 123 cm³/mol. The maximum absolute atomic E-state index is 12.9. The quantitative estimate of drug-likeness (QED) is 0.684. The molecule has 1 aliphatic rings. The topological polar surface area (TPSA) is 77.5 Å². The van der Waals surface area contributed by atoms with E-state index in [9.17, 15) is 4.79 Å². The lowest BCUT2D eigenvalue weighted by Crippen LogP contribution is -2.49. The number of pyridine rings is 1. The van der Waals surface area contributed by atoms with Gasteiger partial charge in [-0.2, -0.15) is 0 Å². The van der Waals surface area contributed by atoms with Gasteiger partial charge in [-0.3, -0.25) is 4.79 Å². The first-order chi connectivity index (χ1) is 15.0. The SMILES string of the molecule is Cc1ccc(Nc2ccc(N3CCN(C(=O)c4cccc(N(C)C)c4)CC3)nn2)nc1. The minimum Gasteiger partial charge on any atom is -0.378 e. The van der Waals surface area contributed by atoms with Crippen LogP contribution >= 0.6 is 0 Å². The number of piperazine rings is 1. The molecule has 0 atom stereocenters. The highest BCUT2D eigenvalue weighted by Crippen LogP contribution is 2.19. The minimum absolute atomic E-state index is 0.0691. The van der Waals surface area contributed by atoms with Gasteiger partial charge in [-0.05, 0) is 48.9 Å². The Kier molecular flexibility index (Phi) is 5.97. The molecule has 31 heavy (non-hydrogen) atoms. The molecule has 8 nitrogen and oxygen atoms in total. The number of carbonyl (C=O) groups is 1. The number of aromatic nitrogens is 3. The molecule has 0 spiro atoms. The number of hydrogen-bond donors (Lipinski definition) is 1. The minimum atomic E-state index is 0.0691. The van der Waals surface area contributed by atoms with Gasteiger partial charge in [0, 0.05) is 57.7 Å². The van der Waals surface area contributed by atoms with E-state index in [0.29, 0.717) is 18.9 Å². The van der Waals surface area contributed by atoms with Gasteiger partial charge in [-0.15, -0.1) is 10.2 Å². The number of benzene rings is 1. The van der Waals surface area contributed by atoms with E-state index in [1.807, 2.05) is 85.5 Å². The number of rotatable bonds is 5. The third-order valence-electron chi connectivity index (χ3n) is 5.32. The first kappa shape index (κ1) is 20.6. The molecule has 4 rings (SSSR count). The molecular weight excluding hydrogens is 390 g/mol. The fraction of sp³-hybridized carbons (Fsp3) is 0.304. The van der Waals surface area contributed by atoms with Crippen molar-refractivity contribution in [3.8, 4) is 0 Å². The van der Waals surface area contributed by atoms with Crippen molar-refractivity contribution >= 4 is 29.0 Å². The van der Waals surface area contributed by atoms with Crippen LogP contribution in [0.5, 0.6) is 0 Å². The summed E-state index contributed by atoms with van der Waals surface area (Å²) < 4.78 is 0. The van der Waals surface area contributed by atoms with E-state index in [4.69, 9.17) is 0 Å². The smallest absolute Gasteiger partial charge is 0.254 e. The standard InChI is InChI=1S/C23H27N7O/c1-17-7-8-20(24-16-17)25-21-9-10-22(27-26-21)29-11-13-30(14-12-29)23(31)18-5-4-6-19(15-18)28(2)3/h4-10,15-16H,11-14H2,1-3H3,(H,24,25,26). The van der Waals surface area contributed by atoms with Crippen molar-refractivity contribution in [1.29, 1.82) is 0 Å². The zero-order chi connectivity index (χ0) is 21.8. The maximum atomic E-state index is 12.9. The second kappa shape index (κ2) is 8.99. The van der Waals surface area contributed by atoms with Crippen LogP contribution in [0.15, 0.2) is 54.7 Å². The predicted octanol–water partition coefficient (Wildman–Crippen LogP) is 2.95. The second-order valence-corrected chi connectivity index (χ2v) is 7.85. The zero-order valence-electron chi connectivity index (χ0n) is 18.1. The molecule has 8 heteroatoms. The highest BCUT2D eigenvalue weighted by Gasteiger charge is 2.23. The second-order valence-electron chi connectivity index (χ2n) is 7.85. The monoisotopic (exact) mass is 417 g/mol. The van der Waals surface area contributed by atoms with Crippen molar-refractivity contribution in [3.63, 3.8) is 0 Å². The van der Waals surface area contributed by atoms with Crippen molar-refractivity contribution in [2.24, 2.45) is 0 Å². The number of carbonyl (C=O) groups excluding carboxylic acids is 1. The molecule has 1 aromatic carbocycles. The molecular formula is C23H27N7O. The van der Waals surface area contributed by atoms with E-state index in [0.717, 1.165) is 41.5 Å². The van der Waals surface area contributed by atoms with Crippen LogP contribution in [0, 0.1) is 6.92 Å². The number of hydrogen-bond acceptors (Lipinski definition) is 7. The van der Waals surface area contributed by atoms with Gasteiger partial charge in [0.2, 0.25) is 0 Å². The van der Waals surface area contributed by atoms with Crippen molar-refractivity contribution in [2.75, 3.05) is 55.4 Å². The Hall–Kier alpha value is -3.68. The third kappa shape index (κ3) is 4.91. The summed E-state index contributed by atoms with van der Waals surface area (Å²) >= 11 is 0. The van der Waals surface area contributed by atoms with E-state index in [1.54, 1.807) is 0 Å². The van der Waals surface area contributed by atoms with Gasteiger partial charge >= 0.3 is 0 Å². The van der Waals surface area contributed by atoms with Crippen molar-refractivity contribution in [1.82, 2.24) is 20.1 Å². The summed E-state index contributed by atoms with van der Waals surface area (Å²) in [5.41, 5.74) is 2.85. The summed E-state index contributed by atoms with van der Waals surface area (Å²) in [6, 6.07) is 15.5. The Balaban J connectivity index is 1.34. The Labute approximate surface area is 182 Å². The first-order valence-corrected chi connectivity index (χ1v) is 10.3. The Bertz CT molecular complexity index is 1030. The summed E-state index contributed by atoms with van der Waals surface area (Å²) in [5.74, 6) is 2.26. The lowest BCUT2D eigenvalue weighted by atomic mass is 10.1. The molecule has 1 amide bonds. The van der Waals surface area contributed by atoms with Gasteiger partial charge in [0.05, 0.1) is 0 Å². The Morgan fingerprint density at radius 1 is 0.968 bits per heavy atom. The fourth-order valence-electron chi connectivity index (χ4n) is 3.47. The summed E-state index contributed by atoms with van der Waals surface area (Å²) in [6.45, 7) is 4.75. The number of anilines is 4. The average molecular weight is 418 g/mol.